The number of carbonyl (C=O) groups excluding carboxylic acids is 2. The maximum atomic E-state index is 13.2. The maximum Gasteiger partial charge on any atom is 0.328 e. The van der Waals surface area contributed by atoms with Crippen molar-refractivity contribution in [2.75, 3.05) is 18.5 Å². The van der Waals surface area contributed by atoms with Crippen LogP contribution in [0.3, 0.4) is 0 Å². The molecular formula is C20H22ClN5O2. The van der Waals surface area contributed by atoms with E-state index in [1.54, 1.807) is 14.0 Å². The molecule has 0 saturated carbocycles. The molecule has 2 atom stereocenters. The number of likely N-dealkylation sites (N-methyl/N-ethyl adjacent to an activating group) is 1. The van der Waals surface area contributed by atoms with Gasteiger partial charge in [-0.15, -0.1) is 0 Å². The SMILES string of the molecule is C=C(C)CN1C(=O)C2C(N=C3N(c4cc(Cl)ccc4C)C(C)=CN32)N(C)C1=O. The van der Waals surface area contributed by atoms with E-state index in [2.05, 4.69) is 6.58 Å². The van der Waals surface area contributed by atoms with Crippen molar-refractivity contribution in [1.29, 1.82) is 0 Å². The van der Waals surface area contributed by atoms with E-state index < -0.39 is 12.2 Å². The second-order valence-electron chi connectivity index (χ2n) is 7.51. The van der Waals surface area contributed by atoms with Crippen LogP contribution in [0.2, 0.25) is 5.02 Å². The van der Waals surface area contributed by atoms with E-state index in [4.69, 9.17) is 16.6 Å². The zero-order chi connectivity index (χ0) is 20.3. The topological polar surface area (TPSA) is 59.5 Å². The lowest BCUT2D eigenvalue weighted by Gasteiger charge is -2.40. The molecule has 1 aromatic carbocycles. The van der Waals surface area contributed by atoms with E-state index >= 15 is 0 Å². The molecule has 1 aromatic rings. The molecule has 3 heterocycles. The fraction of sp³-hybridized carbons (Fsp3) is 0.350. The van der Waals surface area contributed by atoms with Crippen molar-refractivity contribution in [1.82, 2.24) is 14.7 Å². The minimum Gasteiger partial charge on any atom is -0.302 e. The third-order valence-corrected chi connectivity index (χ3v) is 5.46. The molecule has 0 N–H and O–H groups in total. The Morgan fingerprint density at radius 3 is 2.68 bits per heavy atom. The molecular weight excluding hydrogens is 378 g/mol. The normalized spacial score (nSPS) is 23.8. The zero-order valence-corrected chi connectivity index (χ0v) is 17.1. The van der Waals surface area contributed by atoms with Gasteiger partial charge in [-0.1, -0.05) is 29.8 Å². The van der Waals surface area contributed by atoms with Gasteiger partial charge in [0.2, 0.25) is 5.96 Å². The quantitative estimate of drug-likeness (QED) is 0.732. The summed E-state index contributed by atoms with van der Waals surface area (Å²) in [5.41, 5.74) is 3.62. The summed E-state index contributed by atoms with van der Waals surface area (Å²) in [6, 6.07) is 4.73. The molecule has 3 amide bonds. The van der Waals surface area contributed by atoms with E-state index in [0.717, 1.165) is 22.5 Å². The van der Waals surface area contributed by atoms with Gasteiger partial charge >= 0.3 is 6.03 Å². The third kappa shape index (κ3) is 2.61. The smallest absolute Gasteiger partial charge is 0.302 e. The first-order chi connectivity index (χ1) is 13.2. The molecule has 1 fully saturated rings. The molecule has 146 valence electrons. The highest BCUT2D eigenvalue weighted by atomic mass is 35.5. The molecule has 4 rings (SSSR count). The minimum absolute atomic E-state index is 0.203. The Bertz CT molecular complexity index is 969. The highest BCUT2D eigenvalue weighted by Crippen LogP contribution is 2.38. The standard InChI is InChI=1S/C20H22ClN5O2/c1-11(2)9-25-18(27)16-17(23(5)20(25)28)22-19-24(16)10-13(4)26(19)15-8-14(21)7-6-12(15)3/h6-8,10,16-17H,1,9H2,2-5H3. The average Bonchev–Trinajstić information content (AvgIpc) is 3.13. The third-order valence-electron chi connectivity index (χ3n) is 5.23. The number of carbonyl (C=O) groups is 2. The van der Waals surface area contributed by atoms with Crippen LogP contribution in [0.25, 0.3) is 0 Å². The van der Waals surface area contributed by atoms with E-state index in [1.165, 1.54) is 9.80 Å². The van der Waals surface area contributed by atoms with Gasteiger partial charge in [0.05, 0.1) is 12.2 Å². The Morgan fingerprint density at radius 1 is 1.29 bits per heavy atom. The predicted octanol–water partition coefficient (Wildman–Crippen LogP) is 3.17. The summed E-state index contributed by atoms with van der Waals surface area (Å²) in [5, 5.41) is 0.624. The number of allylic oxidation sites excluding steroid dienone is 1. The van der Waals surface area contributed by atoms with Crippen LogP contribution in [-0.4, -0.2) is 58.4 Å². The number of hydrogen-bond acceptors (Lipinski definition) is 5. The van der Waals surface area contributed by atoms with E-state index in [0.29, 0.717) is 11.0 Å². The van der Waals surface area contributed by atoms with Crippen molar-refractivity contribution in [3.63, 3.8) is 0 Å². The molecule has 1 saturated heterocycles. The lowest BCUT2D eigenvalue weighted by molar-refractivity contribution is -0.136. The molecule has 8 heteroatoms. The number of anilines is 1. The Morgan fingerprint density at radius 2 is 2.00 bits per heavy atom. The average molecular weight is 400 g/mol. The Balaban J connectivity index is 1.75. The number of rotatable bonds is 3. The van der Waals surface area contributed by atoms with Gasteiger partial charge in [0, 0.05) is 24.0 Å². The van der Waals surface area contributed by atoms with Crippen molar-refractivity contribution < 1.29 is 9.59 Å². The van der Waals surface area contributed by atoms with Gasteiger partial charge in [0.1, 0.15) is 0 Å². The first-order valence-corrected chi connectivity index (χ1v) is 9.42. The number of halogens is 1. The van der Waals surface area contributed by atoms with Gasteiger partial charge in [0.25, 0.3) is 5.91 Å². The predicted molar refractivity (Wildman–Crippen MR) is 109 cm³/mol. The summed E-state index contributed by atoms with van der Waals surface area (Å²) in [7, 11) is 1.68. The molecule has 2 unspecified atom stereocenters. The van der Waals surface area contributed by atoms with Crippen molar-refractivity contribution in [3.8, 4) is 0 Å². The van der Waals surface area contributed by atoms with Gasteiger partial charge in [0.15, 0.2) is 12.2 Å². The molecule has 0 spiro atoms. The van der Waals surface area contributed by atoms with Crippen LogP contribution >= 0.6 is 11.6 Å². The molecule has 3 aliphatic rings. The van der Waals surface area contributed by atoms with Crippen LogP contribution in [0.15, 0.2) is 47.2 Å². The van der Waals surface area contributed by atoms with E-state index in [-0.39, 0.29) is 18.5 Å². The van der Waals surface area contributed by atoms with Crippen LogP contribution in [-0.2, 0) is 4.79 Å². The summed E-state index contributed by atoms with van der Waals surface area (Å²) in [4.78, 5) is 37.2. The summed E-state index contributed by atoms with van der Waals surface area (Å²) in [6.45, 7) is 9.80. The summed E-state index contributed by atoms with van der Waals surface area (Å²) in [6.07, 6.45) is 1.34. The number of urea groups is 1. The fourth-order valence-electron chi connectivity index (χ4n) is 3.89. The molecule has 0 aliphatic carbocycles. The number of aryl methyl sites for hydroxylation is 1. The first kappa shape index (κ1) is 18.6. The first-order valence-electron chi connectivity index (χ1n) is 9.04. The Kier molecular flexibility index (Phi) is 4.23. The van der Waals surface area contributed by atoms with Crippen molar-refractivity contribution in [2.45, 2.75) is 33.0 Å². The number of amides is 3. The highest BCUT2D eigenvalue weighted by molar-refractivity contribution is 6.31. The molecule has 28 heavy (non-hydrogen) atoms. The zero-order valence-electron chi connectivity index (χ0n) is 16.3. The Labute approximate surface area is 169 Å². The Hall–Kier alpha value is -2.80. The van der Waals surface area contributed by atoms with Crippen molar-refractivity contribution in [2.24, 2.45) is 4.99 Å². The van der Waals surface area contributed by atoms with Gasteiger partial charge in [-0.2, -0.15) is 0 Å². The number of guanidine groups is 1. The van der Waals surface area contributed by atoms with Gasteiger partial charge < -0.3 is 9.80 Å². The summed E-state index contributed by atoms with van der Waals surface area (Å²) < 4.78 is 0. The number of fused-ring (bicyclic) bond motifs is 3. The number of benzene rings is 1. The van der Waals surface area contributed by atoms with Crippen LogP contribution in [0.5, 0.6) is 0 Å². The van der Waals surface area contributed by atoms with E-state index in [1.807, 2.05) is 48.0 Å². The van der Waals surface area contributed by atoms with Crippen LogP contribution in [0.1, 0.15) is 19.4 Å². The maximum absolute atomic E-state index is 13.2. The van der Waals surface area contributed by atoms with Gasteiger partial charge in [-0.25, -0.2) is 9.79 Å². The molecule has 0 radical (unpaired) electrons. The number of imide groups is 1. The molecule has 0 aromatic heterocycles. The van der Waals surface area contributed by atoms with Crippen molar-refractivity contribution >= 4 is 35.2 Å². The minimum atomic E-state index is -0.587. The van der Waals surface area contributed by atoms with E-state index in [9.17, 15) is 9.59 Å². The van der Waals surface area contributed by atoms with Crippen LogP contribution < -0.4 is 4.90 Å². The second kappa shape index (κ2) is 6.38. The van der Waals surface area contributed by atoms with Crippen LogP contribution in [0.4, 0.5) is 10.5 Å². The highest BCUT2D eigenvalue weighted by Gasteiger charge is 2.54. The number of aliphatic imine (C=N–C) groups is 1. The summed E-state index contributed by atoms with van der Waals surface area (Å²) >= 11 is 6.22. The largest absolute Gasteiger partial charge is 0.328 e. The second-order valence-corrected chi connectivity index (χ2v) is 7.94. The lowest BCUT2D eigenvalue weighted by Crippen LogP contribution is -2.64. The van der Waals surface area contributed by atoms with Crippen molar-refractivity contribution in [3.05, 3.63) is 52.8 Å². The number of hydrogen-bond donors (Lipinski definition) is 0. The van der Waals surface area contributed by atoms with Crippen LogP contribution in [0, 0.1) is 6.92 Å². The van der Waals surface area contributed by atoms with Gasteiger partial charge in [-0.3, -0.25) is 14.6 Å². The van der Waals surface area contributed by atoms with Gasteiger partial charge in [-0.05, 0) is 38.5 Å². The summed E-state index contributed by atoms with van der Waals surface area (Å²) in [5.74, 6) is 0.367. The monoisotopic (exact) mass is 399 g/mol. The fourth-order valence-corrected chi connectivity index (χ4v) is 4.06. The lowest BCUT2D eigenvalue weighted by atomic mass is 10.1. The molecule has 3 aliphatic heterocycles. The molecule has 0 bridgehead atoms. The molecule has 7 nitrogen and oxygen atoms in total. The number of nitrogens with zero attached hydrogens (tertiary/aromatic N) is 5.